The lowest BCUT2D eigenvalue weighted by atomic mass is 9.96. The normalized spacial score (nSPS) is 14.2. The van der Waals surface area contributed by atoms with Crippen LogP contribution in [0.25, 0.3) is 0 Å². The topological polar surface area (TPSA) is 38.5 Å². The predicted octanol–water partition coefficient (Wildman–Crippen LogP) is 2.32. The van der Waals surface area contributed by atoms with E-state index in [0.29, 0.717) is 0 Å². The van der Waals surface area contributed by atoms with Gasteiger partial charge in [0, 0.05) is 19.7 Å². The van der Waals surface area contributed by atoms with Crippen molar-refractivity contribution in [3.8, 4) is 0 Å². The fraction of sp³-hybridized carbons (Fsp3) is 0.692. The Morgan fingerprint density at radius 1 is 1.53 bits per heavy atom. The van der Waals surface area contributed by atoms with Gasteiger partial charge in [-0.25, -0.2) is 0 Å². The first kappa shape index (κ1) is 14.6. The molecule has 1 aromatic rings. The predicted molar refractivity (Wildman–Crippen MR) is 74.3 cm³/mol. The first-order valence-corrected chi connectivity index (χ1v) is 6.90. The molecule has 0 spiro atoms. The van der Waals surface area contributed by atoms with Crippen molar-refractivity contribution >= 4 is 11.3 Å². The highest BCUT2D eigenvalue weighted by Gasteiger charge is 2.25. The molecule has 0 saturated heterocycles. The summed E-state index contributed by atoms with van der Waals surface area (Å²) in [7, 11) is 3.85. The summed E-state index contributed by atoms with van der Waals surface area (Å²) in [6.45, 7) is 6.06. The molecule has 1 rings (SSSR count). The molecule has 2 N–H and O–H groups in total. The largest absolute Gasteiger partial charge is 0.377 e. The summed E-state index contributed by atoms with van der Waals surface area (Å²) in [6, 6.07) is 2.23. The number of ether oxygens (including phenoxy) is 1. The highest BCUT2D eigenvalue weighted by molar-refractivity contribution is 7.07. The summed E-state index contributed by atoms with van der Waals surface area (Å²) < 4.78 is 5.40. The minimum absolute atomic E-state index is 0.0671. The fourth-order valence-corrected chi connectivity index (χ4v) is 2.29. The van der Waals surface area contributed by atoms with Gasteiger partial charge in [-0.15, -0.1) is 0 Å². The third-order valence-electron chi connectivity index (χ3n) is 3.27. The lowest BCUT2D eigenvalue weighted by Crippen LogP contribution is -2.46. The van der Waals surface area contributed by atoms with Crippen molar-refractivity contribution in [2.24, 2.45) is 5.73 Å². The molecule has 0 aliphatic rings. The maximum atomic E-state index is 6.13. The summed E-state index contributed by atoms with van der Waals surface area (Å²) in [5.74, 6) is 0. The zero-order valence-electron chi connectivity index (χ0n) is 11.3. The molecule has 0 aliphatic carbocycles. The van der Waals surface area contributed by atoms with Gasteiger partial charge < -0.3 is 15.4 Å². The summed E-state index contributed by atoms with van der Waals surface area (Å²) in [6.07, 6.45) is 0.946. The van der Waals surface area contributed by atoms with Crippen LogP contribution in [0.2, 0.25) is 0 Å². The Labute approximate surface area is 109 Å². The van der Waals surface area contributed by atoms with Crippen LogP contribution >= 0.6 is 11.3 Å². The molecule has 1 atom stereocenters. The number of thiophene rings is 1. The minimum Gasteiger partial charge on any atom is -0.377 e. The number of rotatable bonds is 7. The quantitative estimate of drug-likeness (QED) is 0.813. The van der Waals surface area contributed by atoms with E-state index in [0.717, 1.165) is 19.5 Å². The molecule has 0 radical (unpaired) electrons. The van der Waals surface area contributed by atoms with E-state index in [9.17, 15) is 0 Å². The van der Waals surface area contributed by atoms with Gasteiger partial charge in [-0.1, -0.05) is 0 Å². The van der Waals surface area contributed by atoms with Crippen molar-refractivity contribution in [1.29, 1.82) is 0 Å². The fourth-order valence-electron chi connectivity index (χ4n) is 1.63. The molecule has 3 nitrogen and oxygen atoms in total. The number of nitrogens with zero attached hydrogens (tertiary/aromatic N) is 1. The number of hydrogen-bond acceptors (Lipinski definition) is 4. The Balaban J connectivity index is 2.30. The van der Waals surface area contributed by atoms with Gasteiger partial charge in [0.05, 0.1) is 5.60 Å². The summed E-state index contributed by atoms with van der Waals surface area (Å²) >= 11 is 1.74. The maximum Gasteiger partial charge on any atom is 0.0773 e. The summed E-state index contributed by atoms with van der Waals surface area (Å²) in [5.41, 5.74) is 7.26. The van der Waals surface area contributed by atoms with Crippen molar-refractivity contribution in [2.45, 2.75) is 38.5 Å². The maximum absolute atomic E-state index is 6.13. The standard InChI is InChI=1S/C13H24N2OS/c1-13(2,16-4)12(14)5-7-15(3)9-11-6-8-17-10-11/h6,8,10,12H,5,7,9,14H2,1-4H3. The zero-order chi connectivity index (χ0) is 12.9. The van der Waals surface area contributed by atoms with E-state index >= 15 is 0 Å². The molecule has 17 heavy (non-hydrogen) atoms. The molecule has 0 amide bonds. The number of hydrogen-bond donors (Lipinski definition) is 1. The van der Waals surface area contributed by atoms with E-state index in [-0.39, 0.29) is 11.6 Å². The van der Waals surface area contributed by atoms with Crippen LogP contribution in [0, 0.1) is 0 Å². The van der Waals surface area contributed by atoms with Crippen molar-refractivity contribution in [3.63, 3.8) is 0 Å². The van der Waals surface area contributed by atoms with Crippen molar-refractivity contribution in [3.05, 3.63) is 22.4 Å². The van der Waals surface area contributed by atoms with Crippen molar-refractivity contribution < 1.29 is 4.74 Å². The van der Waals surface area contributed by atoms with Crippen LogP contribution in [-0.2, 0) is 11.3 Å². The number of methoxy groups -OCH3 is 1. The SMILES string of the molecule is COC(C)(C)C(N)CCN(C)Cc1ccsc1. The Morgan fingerprint density at radius 2 is 2.24 bits per heavy atom. The van der Waals surface area contributed by atoms with E-state index in [1.54, 1.807) is 18.4 Å². The second-order valence-electron chi connectivity index (χ2n) is 5.07. The molecule has 0 aromatic carbocycles. The lowest BCUT2D eigenvalue weighted by molar-refractivity contribution is -0.00333. The van der Waals surface area contributed by atoms with E-state index < -0.39 is 0 Å². The first-order valence-electron chi connectivity index (χ1n) is 5.96. The molecule has 1 heterocycles. The molecule has 0 saturated carbocycles. The summed E-state index contributed by atoms with van der Waals surface area (Å²) in [4.78, 5) is 2.30. The highest BCUT2D eigenvalue weighted by Crippen LogP contribution is 2.15. The Hall–Kier alpha value is -0.420. The molecule has 1 aromatic heterocycles. The average Bonchev–Trinajstić information content (AvgIpc) is 2.78. The van der Waals surface area contributed by atoms with Gasteiger partial charge in [0.25, 0.3) is 0 Å². The summed E-state index contributed by atoms with van der Waals surface area (Å²) in [5, 5.41) is 4.30. The van der Waals surface area contributed by atoms with Crippen LogP contribution in [0.4, 0.5) is 0 Å². The smallest absolute Gasteiger partial charge is 0.0773 e. The van der Waals surface area contributed by atoms with Gasteiger partial charge in [-0.2, -0.15) is 11.3 Å². The molecule has 98 valence electrons. The van der Waals surface area contributed by atoms with E-state index in [2.05, 4.69) is 28.8 Å². The van der Waals surface area contributed by atoms with Crippen molar-refractivity contribution in [1.82, 2.24) is 4.90 Å². The second-order valence-corrected chi connectivity index (χ2v) is 5.85. The second kappa shape index (κ2) is 6.50. The third kappa shape index (κ3) is 4.76. The van der Waals surface area contributed by atoms with Crippen LogP contribution in [0.3, 0.4) is 0 Å². The van der Waals surface area contributed by atoms with Crippen molar-refractivity contribution in [2.75, 3.05) is 20.7 Å². The highest BCUT2D eigenvalue weighted by atomic mass is 32.1. The lowest BCUT2D eigenvalue weighted by Gasteiger charge is -2.31. The van der Waals surface area contributed by atoms with Crippen LogP contribution < -0.4 is 5.73 Å². The Kier molecular flexibility index (Phi) is 5.59. The van der Waals surface area contributed by atoms with Crippen LogP contribution in [-0.4, -0.2) is 37.2 Å². The van der Waals surface area contributed by atoms with Gasteiger partial charge in [0.15, 0.2) is 0 Å². The van der Waals surface area contributed by atoms with Gasteiger partial charge >= 0.3 is 0 Å². The molecular weight excluding hydrogens is 232 g/mol. The number of nitrogens with two attached hydrogens (primary N) is 1. The van der Waals surface area contributed by atoms with E-state index in [1.165, 1.54) is 5.56 Å². The zero-order valence-corrected chi connectivity index (χ0v) is 12.1. The third-order valence-corrected chi connectivity index (χ3v) is 4.01. The van der Waals surface area contributed by atoms with Gasteiger partial charge in [-0.05, 0) is 56.3 Å². The average molecular weight is 256 g/mol. The molecule has 1 unspecified atom stereocenters. The Morgan fingerprint density at radius 3 is 2.76 bits per heavy atom. The van der Waals surface area contributed by atoms with Crippen LogP contribution in [0.1, 0.15) is 25.8 Å². The molecule has 0 bridgehead atoms. The molecule has 4 heteroatoms. The Bertz CT molecular complexity index is 311. The van der Waals surface area contributed by atoms with E-state index in [1.807, 2.05) is 13.8 Å². The first-order chi connectivity index (χ1) is 7.95. The van der Waals surface area contributed by atoms with Crippen LogP contribution in [0.15, 0.2) is 16.8 Å². The minimum atomic E-state index is -0.247. The van der Waals surface area contributed by atoms with Crippen LogP contribution in [0.5, 0.6) is 0 Å². The van der Waals surface area contributed by atoms with E-state index in [4.69, 9.17) is 10.5 Å². The molecule has 0 fully saturated rings. The monoisotopic (exact) mass is 256 g/mol. The van der Waals surface area contributed by atoms with Gasteiger partial charge in [-0.3, -0.25) is 0 Å². The molecular formula is C13H24N2OS. The molecule has 0 aliphatic heterocycles. The van der Waals surface area contributed by atoms with Gasteiger partial charge in [0.1, 0.15) is 0 Å². The van der Waals surface area contributed by atoms with Gasteiger partial charge in [0.2, 0.25) is 0 Å².